The molecule has 3 N–H and O–H groups in total. The van der Waals surface area contributed by atoms with Crippen LogP contribution < -0.4 is 0 Å². The fourth-order valence-electron chi connectivity index (χ4n) is 3.14. The summed E-state index contributed by atoms with van der Waals surface area (Å²) in [6, 6.07) is 3.57. The largest absolute Gasteiger partial charge is 0.507 e. The molecular formula is C18H26O3. The van der Waals surface area contributed by atoms with Crippen LogP contribution in [0.15, 0.2) is 23.8 Å². The SMILES string of the molecule is CCCCCc1cc(O)c([C@@H]2C=C(CO)CCC2)c(O)c1. The number of allylic oxidation sites excluding steroid dienone is 1. The Morgan fingerprint density at radius 2 is 1.86 bits per heavy atom. The summed E-state index contributed by atoms with van der Waals surface area (Å²) in [5.41, 5.74) is 2.60. The lowest BCUT2D eigenvalue weighted by Crippen LogP contribution is -2.06. The van der Waals surface area contributed by atoms with Crippen molar-refractivity contribution in [1.82, 2.24) is 0 Å². The lowest BCUT2D eigenvalue weighted by Gasteiger charge is -2.22. The third-order valence-electron chi connectivity index (χ3n) is 4.29. The van der Waals surface area contributed by atoms with Crippen molar-refractivity contribution in [2.24, 2.45) is 0 Å². The Hall–Kier alpha value is -1.48. The average molecular weight is 290 g/mol. The minimum atomic E-state index is 0.00518. The van der Waals surface area contributed by atoms with Gasteiger partial charge in [-0.05, 0) is 55.4 Å². The highest BCUT2D eigenvalue weighted by molar-refractivity contribution is 5.50. The highest BCUT2D eigenvalue weighted by Crippen LogP contribution is 2.41. The second kappa shape index (κ2) is 7.51. The van der Waals surface area contributed by atoms with Gasteiger partial charge in [0.25, 0.3) is 0 Å². The standard InChI is InChI=1S/C18H26O3/c1-2-3-4-6-13-10-16(20)18(17(21)11-13)15-8-5-7-14(9-15)12-19/h9-11,15,19-21H,2-8,12H2,1H3/t15-/m0/s1. The topological polar surface area (TPSA) is 60.7 Å². The van der Waals surface area contributed by atoms with E-state index in [1.807, 2.05) is 6.08 Å². The van der Waals surface area contributed by atoms with Gasteiger partial charge in [-0.25, -0.2) is 0 Å². The summed E-state index contributed by atoms with van der Waals surface area (Å²) in [4.78, 5) is 0. The smallest absolute Gasteiger partial charge is 0.123 e. The molecule has 0 radical (unpaired) electrons. The van der Waals surface area contributed by atoms with Crippen LogP contribution in [0.5, 0.6) is 11.5 Å². The number of hydrogen-bond acceptors (Lipinski definition) is 3. The van der Waals surface area contributed by atoms with E-state index in [1.54, 1.807) is 12.1 Å². The second-order valence-corrected chi connectivity index (χ2v) is 5.99. The third kappa shape index (κ3) is 4.01. The van der Waals surface area contributed by atoms with Crippen molar-refractivity contribution >= 4 is 0 Å². The van der Waals surface area contributed by atoms with Crippen LogP contribution >= 0.6 is 0 Å². The minimum absolute atomic E-state index is 0.00518. The fourth-order valence-corrected chi connectivity index (χ4v) is 3.14. The van der Waals surface area contributed by atoms with Crippen LogP contribution in [-0.4, -0.2) is 21.9 Å². The van der Waals surface area contributed by atoms with Gasteiger partial charge in [0.05, 0.1) is 6.61 Å². The van der Waals surface area contributed by atoms with E-state index in [1.165, 1.54) is 0 Å². The molecular weight excluding hydrogens is 264 g/mol. The molecule has 0 heterocycles. The lowest BCUT2D eigenvalue weighted by atomic mass is 9.84. The monoisotopic (exact) mass is 290 g/mol. The van der Waals surface area contributed by atoms with Crippen molar-refractivity contribution in [1.29, 1.82) is 0 Å². The first-order chi connectivity index (χ1) is 10.2. The molecule has 0 saturated carbocycles. The summed E-state index contributed by atoms with van der Waals surface area (Å²) in [6.45, 7) is 2.22. The van der Waals surface area contributed by atoms with Crippen LogP contribution in [0.2, 0.25) is 0 Å². The minimum Gasteiger partial charge on any atom is -0.507 e. The number of rotatable bonds is 6. The Kier molecular flexibility index (Phi) is 5.68. The van der Waals surface area contributed by atoms with Gasteiger partial charge in [-0.3, -0.25) is 0 Å². The van der Waals surface area contributed by atoms with Gasteiger partial charge in [0.15, 0.2) is 0 Å². The second-order valence-electron chi connectivity index (χ2n) is 5.99. The van der Waals surface area contributed by atoms with E-state index in [0.29, 0.717) is 5.56 Å². The van der Waals surface area contributed by atoms with Gasteiger partial charge >= 0.3 is 0 Å². The number of benzene rings is 1. The van der Waals surface area contributed by atoms with E-state index in [9.17, 15) is 15.3 Å². The molecule has 3 nitrogen and oxygen atoms in total. The zero-order chi connectivity index (χ0) is 15.2. The Bertz CT molecular complexity index is 482. The van der Waals surface area contributed by atoms with Crippen LogP contribution in [0.3, 0.4) is 0 Å². The average Bonchev–Trinajstić information content (AvgIpc) is 2.47. The molecule has 1 aromatic carbocycles. The fraction of sp³-hybridized carbons (Fsp3) is 0.556. The number of phenols is 2. The number of aliphatic hydroxyl groups is 1. The summed E-state index contributed by atoms with van der Waals surface area (Å²) >= 11 is 0. The van der Waals surface area contributed by atoms with Crippen LogP contribution in [0.25, 0.3) is 0 Å². The Labute approximate surface area is 126 Å². The molecule has 0 spiro atoms. The molecule has 1 aliphatic carbocycles. The number of aryl methyl sites for hydroxylation is 1. The molecule has 1 aromatic rings. The van der Waals surface area contributed by atoms with Crippen molar-refractivity contribution in [3.8, 4) is 11.5 Å². The number of aromatic hydroxyl groups is 2. The number of phenolic OH excluding ortho intramolecular Hbond substituents is 2. The molecule has 1 aliphatic rings. The molecule has 0 unspecified atom stereocenters. The number of aliphatic hydroxyl groups excluding tert-OH is 1. The van der Waals surface area contributed by atoms with Crippen molar-refractivity contribution in [2.75, 3.05) is 6.61 Å². The normalized spacial score (nSPS) is 18.6. The maximum atomic E-state index is 10.3. The van der Waals surface area contributed by atoms with Gasteiger partial charge in [-0.2, -0.15) is 0 Å². The van der Waals surface area contributed by atoms with Gasteiger partial charge in [0, 0.05) is 11.5 Å². The van der Waals surface area contributed by atoms with E-state index in [4.69, 9.17) is 0 Å². The molecule has 0 aliphatic heterocycles. The molecule has 0 fully saturated rings. The van der Waals surface area contributed by atoms with Crippen molar-refractivity contribution in [3.05, 3.63) is 34.9 Å². The van der Waals surface area contributed by atoms with Crippen LogP contribution in [0, 0.1) is 0 Å². The van der Waals surface area contributed by atoms with Crippen LogP contribution in [0.4, 0.5) is 0 Å². The highest BCUT2D eigenvalue weighted by atomic mass is 16.3. The maximum absolute atomic E-state index is 10.3. The summed E-state index contributed by atoms with van der Waals surface area (Å²) in [5.74, 6) is 0.370. The van der Waals surface area contributed by atoms with E-state index in [2.05, 4.69) is 6.92 Å². The summed E-state index contributed by atoms with van der Waals surface area (Å²) < 4.78 is 0. The zero-order valence-electron chi connectivity index (χ0n) is 12.8. The predicted octanol–water partition coefficient (Wildman–Crippen LogP) is 4.02. The molecule has 1 atom stereocenters. The molecule has 2 rings (SSSR count). The van der Waals surface area contributed by atoms with Gasteiger partial charge in [-0.15, -0.1) is 0 Å². The van der Waals surface area contributed by atoms with Gasteiger partial charge in [0.1, 0.15) is 11.5 Å². The van der Waals surface area contributed by atoms with Crippen LogP contribution in [-0.2, 0) is 6.42 Å². The first kappa shape index (κ1) is 15.9. The molecule has 0 aromatic heterocycles. The summed E-state index contributed by atoms with van der Waals surface area (Å²) in [5, 5.41) is 29.8. The van der Waals surface area contributed by atoms with E-state index < -0.39 is 0 Å². The molecule has 0 amide bonds. The van der Waals surface area contributed by atoms with Crippen molar-refractivity contribution < 1.29 is 15.3 Å². The number of unbranched alkanes of at least 4 members (excludes halogenated alkanes) is 2. The Morgan fingerprint density at radius 3 is 2.48 bits per heavy atom. The van der Waals surface area contributed by atoms with E-state index in [-0.39, 0.29) is 24.0 Å². The van der Waals surface area contributed by atoms with Gasteiger partial charge in [0.2, 0.25) is 0 Å². The highest BCUT2D eigenvalue weighted by Gasteiger charge is 2.21. The first-order valence-electron chi connectivity index (χ1n) is 8.00. The number of hydrogen-bond donors (Lipinski definition) is 3. The zero-order valence-corrected chi connectivity index (χ0v) is 12.8. The predicted molar refractivity (Wildman–Crippen MR) is 84.8 cm³/mol. The van der Waals surface area contributed by atoms with Crippen molar-refractivity contribution in [3.63, 3.8) is 0 Å². The van der Waals surface area contributed by atoms with Gasteiger partial charge < -0.3 is 15.3 Å². The Morgan fingerprint density at radius 1 is 1.14 bits per heavy atom. The molecule has 116 valence electrons. The summed E-state index contributed by atoms with van der Waals surface area (Å²) in [6.07, 6.45) is 9.07. The quantitative estimate of drug-likeness (QED) is 0.548. The third-order valence-corrected chi connectivity index (χ3v) is 4.29. The molecule has 0 saturated heterocycles. The van der Waals surface area contributed by atoms with Gasteiger partial charge in [-0.1, -0.05) is 25.8 Å². The molecule has 21 heavy (non-hydrogen) atoms. The first-order valence-corrected chi connectivity index (χ1v) is 8.00. The van der Waals surface area contributed by atoms with E-state index >= 15 is 0 Å². The molecule has 3 heteroatoms. The molecule has 0 bridgehead atoms. The maximum Gasteiger partial charge on any atom is 0.123 e. The summed E-state index contributed by atoms with van der Waals surface area (Å²) in [7, 11) is 0. The van der Waals surface area contributed by atoms with Crippen molar-refractivity contribution in [2.45, 2.75) is 57.8 Å². The Balaban J connectivity index is 2.20. The lowest BCUT2D eigenvalue weighted by molar-refractivity contribution is 0.320. The van der Waals surface area contributed by atoms with Crippen LogP contribution in [0.1, 0.15) is 62.5 Å². The van der Waals surface area contributed by atoms with E-state index in [0.717, 1.165) is 56.1 Å².